The average Bonchev–Trinajstić information content (AvgIpc) is 2.47. The summed E-state index contributed by atoms with van der Waals surface area (Å²) in [6.07, 6.45) is 2.13. The maximum Gasteiger partial charge on any atom is 0.333 e. The van der Waals surface area contributed by atoms with Gasteiger partial charge >= 0.3 is 5.97 Å². The third-order valence-corrected chi connectivity index (χ3v) is 4.69. The van der Waals surface area contributed by atoms with Gasteiger partial charge in [0.05, 0.1) is 7.11 Å². The van der Waals surface area contributed by atoms with Gasteiger partial charge in [0.25, 0.3) is 0 Å². The van der Waals surface area contributed by atoms with Gasteiger partial charge in [0, 0.05) is 12.2 Å². The molecule has 4 rings (SSSR count). The van der Waals surface area contributed by atoms with E-state index in [1.54, 1.807) is 0 Å². The summed E-state index contributed by atoms with van der Waals surface area (Å²) in [6, 6.07) is 8.19. The van der Waals surface area contributed by atoms with Crippen molar-refractivity contribution in [2.45, 2.75) is 25.3 Å². The van der Waals surface area contributed by atoms with Gasteiger partial charge in [0.15, 0.2) is 5.54 Å². The summed E-state index contributed by atoms with van der Waals surface area (Å²) in [5.41, 5.74) is 1.61. The standard InChI is InChI=1S/C16H22N2O2/c1-12-4-3-5-14(10-12)17-16(15(19)20-2)11-18-8-6-13(16)7-9-18/h3-5,10,13,17H,6-9,11H2,1-2H3. The number of ether oxygens (including phenoxy) is 1. The van der Waals surface area contributed by atoms with Gasteiger partial charge in [-0.25, -0.2) is 4.79 Å². The lowest BCUT2D eigenvalue weighted by Gasteiger charge is -2.51. The molecule has 108 valence electrons. The number of esters is 1. The van der Waals surface area contributed by atoms with Crippen molar-refractivity contribution < 1.29 is 9.53 Å². The number of benzene rings is 1. The molecule has 0 saturated carbocycles. The molecule has 1 aromatic carbocycles. The number of carbonyl (C=O) groups excluding carboxylic acids is 1. The maximum absolute atomic E-state index is 12.5. The normalized spacial score (nSPS) is 31.9. The molecule has 1 N–H and O–H groups in total. The van der Waals surface area contributed by atoms with Crippen molar-refractivity contribution in [1.29, 1.82) is 0 Å². The molecule has 3 aliphatic heterocycles. The van der Waals surface area contributed by atoms with Crippen molar-refractivity contribution in [3.05, 3.63) is 29.8 Å². The van der Waals surface area contributed by atoms with Crippen LogP contribution in [0.4, 0.5) is 5.69 Å². The lowest BCUT2D eigenvalue weighted by molar-refractivity contribution is -0.153. The van der Waals surface area contributed by atoms with E-state index in [9.17, 15) is 4.79 Å². The molecule has 4 nitrogen and oxygen atoms in total. The van der Waals surface area contributed by atoms with Crippen molar-refractivity contribution in [1.82, 2.24) is 4.90 Å². The van der Waals surface area contributed by atoms with Gasteiger partial charge in [-0.1, -0.05) is 12.1 Å². The number of aryl methyl sites for hydroxylation is 1. The second-order valence-electron chi connectivity index (χ2n) is 6.01. The summed E-state index contributed by atoms with van der Waals surface area (Å²) in [5.74, 6) is 0.230. The second kappa shape index (κ2) is 5.09. The van der Waals surface area contributed by atoms with Crippen LogP contribution in [0.3, 0.4) is 0 Å². The Bertz CT molecular complexity index is 509. The fourth-order valence-electron chi connectivity index (χ4n) is 3.65. The first-order valence-electron chi connectivity index (χ1n) is 7.30. The van der Waals surface area contributed by atoms with E-state index in [4.69, 9.17) is 4.74 Å². The predicted molar refractivity (Wildman–Crippen MR) is 78.7 cm³/mol. The van der Waals surface area contributed by atoms with Crippen LogP contribution in [0, 0.1) is 12.8 Å². The number of methoxy groups -OCH3 is 1. The second-order valence-corrected chi connectivity index (χ2v) is 6.01. The zero-order chi connectivity index (χ0) is 14.2. The summed E-state index contributed by atoms with van der Waals surface area (Å²) >= 11 is 0. The van der Waals surface area contributed by atoms with E-state index < -0.39 is 5.54 Å². The Kier molecular flexibility index (Phi) is 3.42. The first-order valence-corrected chi connectivity index (χ1v) is 7.30. The van der Waals surface area contributed by atoms with E-state index in [0.717, 1.165) is 38.2 Å². The smallest absolute Gasteiger partial charge is 0.333 e. The number of fused-ring (bicyclic) bond motifs is 3. The maximum atomic E-state index is 12.5. The van der Waals surface area contributed by atoms with Gasteiger partial charge in [-0.3, -0.25) is 0 Å². The Morgan fingerprint density at radius 2 is 2.15 bits per heavy atom. The monoisotopic (exact) mass is 274 g/mol. The fourth-order valence-corrected chi connectivity index (χ4v) is 3.65. The number of hydrogen-bond acceptors (Lipinski definition) is 4. The van der Waals surface area contributed by atoms with Gasteiger partial charge in [-0.15, -0.1) is 0 Å². The molecular weight excluding hydrogens is 252 g/mol. The molecule has 0 spiro atoms. The molecule has 3 aliphatic rings. The highest BCUT2D eigenvalue weighted by Crippen LogP contribution is 2.39. The van der Waals surface area contributed by atoms with Gasteiger partial charge in [-0.05, 0) is 56.5 Å². The van der Waals surface area contributed by atoms with Crippen LogP contribution in [0.1, 0.15) is 18.4 Å². The third kappa shape index (κ3) is 2.18. The van der Waals surface area contributed by atoms with Crippen molar-refractivity contribution in [3.63, 3.8) is 0 Å². The van der Waals surface area contributed by atoms with E-state index in [1.807, 2.05) is 12.1 Å². The largest absolute Gasteiger partial charge is 0.467 e. The highest BCUT2D eigenvalue weighted by molar-refractivity contribution is 5.86. The molecule has 4 heteroatoms. The topological polar surface area (TPSA) is 41.6 Å². The molecular formula is C16H22N2O2. The summed E-state index contributed by atoms with van der Waals surface area (Å²) in [7, 11) is 1.49. The molecule has 20 heavy (non-hydrogen) atoms. The summed E-state index contributed by atoms with van der Waals surface area (Å²) in [4.78, 5) is 14.8. The van der Waals surface area contributed by atoms with Crippen molar-refractivity contribution in [2.24, 2.45) is 5.92 Å². The summed E-state index contributed by atoms with van der Waals surface area (Å²) in [5, 5.41) is 3.50. The van der Waals surface area contributed by atoms with E-state index in [-0.39, 0.29) is 5.97 Å². The molecule has 1 atom stereocenters. The Hall–Kier alpha value is -1.55. The number of nitrogens with one attached hydrogen (secondary N) is 1. The van der Waals surface area contributed by atoms with E-state index >= 15 is 0 Å². The summed E-state index contributed by atoms with van der Waals surface area (Å²) in [6.45, 7) is 5.00. The number of anilines is 1. The van der Waals surface area contributed by atoms with Crippen LogP contribution in [0.5, 0.6) is 0 Å². The van der Waals surface area contributed by atoms with Crippen LogP contribution in [-0.2, 0) is 9.53 Å². The van der Waals surface area contributed by atoms with Crippen LogP contribution in [-0.4, -0.2) is 43.2 Å². The lowest BCUT2D eigenvalue weighted by atomic mass is 9.72. The van der Waals surface area contributed by atoms with Crippen LogP contribution in [0.2, 0.25) is 0 Å². The Balaban J connectivity index is 1.93. The number of carbonyl (C=O) groups is 1. The molecule has 3 heterocycles. The third-order valence-electron chi connectivity index (χ3n) is 4.69. The quantitative estimate of drug-likeness (QED) is 0.857. The Morgan fingerprint density at radius 3 is 2.70 bits per heavy atom. The molecule has 2 bridgehead atoms. The number of piperidine rings is 3. The average molecular weight is 274 g/mol. The molecule has 3 fully saturated rings. The van der Waals surface area contributed by atoms with Gasteiger partial charge in [0.1, 0.15) is 0 Å². The van der Waals surface area contributed by atoms with Gasteiger partial charge in [0.2, 0.25) is 0 Å². The van der Waals surface area contributed by atoms with Crippen molar-refractivity contribution >= 4 is 11.7 Å². The molecule has 0 aromatic heterocycles. The number of nitrogens with zero attached hydrogens (tertiary/aromatic N) is 1. The van der Waals surface area contributed by atoms with E-state index in [0.29, 0.717) is 5.92 Å². The van der Waals surface area contributed by atoms with Crippen molar-refractivity contribution in [3.8, 4) is 0 Å². The van der Waals surface area contributed by atoms with Crippen LogP contribution < -0.4 is 5.32 Å². The highest BCUT2D eigenvalue weighted by atomic mass is 16.5. The molecule has 0 aliphatic carbocycles. The van der Waals surface area contributed by atoms with Crippen LogP contribution in [0.15, 0.2) is 24.3 Å². The molecule has 0 amide bonds. The predicted octanol–water partition coefficient (Wildman–Crippen LogP) is 2.04. The Labute approximate surface area is 120 Å². The Morgan fingerprint density at radius 1 is 1.40 bits per heavy atom. The lowest BCUT2D eigenvalue weighted by Crippen LogP contribution is -2.67. The van der Waals surface area contributed by atoms with E-state index in [1.165, 1.54) is 12.7 Å². The molecule has 0 radical (unpaired) electrons. The SMILES string of the molecule is COC(=O)C1(Nc2cccc(C)c2)CN2CCC1CC2. The fraction of sp³-hybridized carbons (Fsp3) is 0.562. The number of hydrogen-bond donors (Lipinski definition) is 1. The first-order chi connectivity index (χ1) is 9.64. The first kappa shape index (κ1) is 13.4. The summed E-state index contributed by atoms with van der Waals surface area (Å²) < 4.78 is 5.12. The van der Waals surface area contributed by atoms with Gasteiger partial charge < -0.3 is 15.0 Å². The minimum absolute atomic E-state index is 0.131. The minimum atomic E-state index is -0.584. The number of rotatable bonds is 3. The molecule has 1 unspecified atom stereocenters. The van der Waals surface area contributed by atoms with Crippen molar-refractivity contribution in [2.75, 3.05) is 32.1 Å². The zero-order valence-corrected chi connectivity index (χ0v) is 12.2. The molecule has 1 aromatic rings. The minimum Gasteiger partial charge on any atom is -0.467 e. The zero-order valence-electron chi connectivity index (χ0n) is 12.2. The molecule has 3 saturated heterocycles. The van der Waals surface area contributed by atoms with Crippen LogP contribution in [0.25, 0.3) is 0 Å². The van der Waals surface area contributed by atoms with Gasteiger partial charge in [-0.2, -0.15) is 0 Å². The van der Waals surface area contributed by atoms with E-state index in [2.05, 4.69) is 29.3 Å². The van der Waals surface area contributed by atoms with Crippen LogP contribution >= 0.6 is 0 Å². The highest BCUT2D eigenvalue weighted by Gasteiger charge is 2.53.